The predicted octanol–water partition coefficient (Wildman–Crippen LogP) is 1.73. The molecule has 1 aliphatic heterocycles. The molecule has 4 nitrogen and oxygen atoms in total. The van der Waals surface area contributed by atoms with Crippen molar-refractivity contribution in [3.8, 4) is 0 Å². The lowest BCUT2D eigenvalue weighted by atomic mass is 9.79. The molecule has 0 aromatic carbocycles. The maximum atomic E-state index is 11.8. The van der Waals surface area contributed by atoms with Crippen LogP contribution in [0.5, 0.6) is 0 Å². The molecule has 17 heavy (non-hydrogen) atoms. The number of likely N-dealkylation sites (tertiary alicyclic amines) is 1. The van der Waals surface area contributed by atoms with Gasteiger partial charge >= 0.3 is 6.03 Å². The minimum absolute atomic E-state index is 0.00505. The van der Waals surface area contributed by atoms with Crippen LogP contribution in [0.3, 0.4) is 0 Å². The number of hydrogen-bond acceptors (Lipinski definition) is 2. The van der Waals surface area contributed by atoms with E-state index in [-0.39, 0.29) is 6.03 Å². The Morgan fingerprint density at radius 3 is 2.53 bits per heavy atom. The summed E-state index contributed by atoms with van der Waals surface area (Å²) in [6, 6.07) is -0.00505. The number of nitrogens with one attached hydrogen (secondary N) is 1. The minimum Gasteiger partial charge on any atom is -0.388 e. The van der Waals surface area contributed by atoms with Crippen molar-refractivity contribution >= 4 is 6.03 Å². The Kier molecular flexibility index (Phi) is 3.92. The van der Waals surface area contributed by atoms with Gasteiger partial charge in [0.05, 0.1) is 5.60 Å². The van der Waals surface area contributed by atoms with Gasteiger partial charge in [0.1, 0.15) is 0 Å². The Bertz CT molecular complexity index is 267. The fourth-order valence-electron chi connectivity index (χ4n) is 2.75. The molecular formula is C13H24N2O2. The minimum atomic E-state index is -0.665. The Labute approximate surface area is 103 Å². The van der Waals surface area contributed by atoms with Gasteiger partial charge in [-0.15, -0.1) is 0 Å². The summed E-state index contributed by atoms with van der Waals surface area (Å²) in [5, 5.41) is 13.2. The van der Waals surface area contributed by atoms with Crippen LogP contribution in [-0.2, 0) is 0 Å². The van der Waals surface area contributed by atoms with E-state index in [0.717, 1.165) is 51.6 Å². The fraction of sp³-hybridized carbons (Fsp3) is 0.923. The molecule has 2 aliphatic rings. The third kappa shape index (κ3) is 3.35. The van der Waals surface area contributed by atoms with E-state index < -0.39 is 5.60 Å². The van der Waals surface area contributed by atoms with E-state index in [4.69, 9.17) is 0 Å². The van der Waals surface area contributed by atoms with Crippen molar-refractivity contribution in [3.63, 3.8) is 0 Å². The Hall–Kier alpha value is -0.770. The van der Waals surface area contributed by atoms with Gasteiger partial charge in [-0.05, 0) is 44.4 Å². The zero-order valence-electron chi connectivity index (χ0n) is 10.7. The lowest BCUT2D eigenvalue weighted by molar-refractivity contribution is -0.00460. The highest BCUT2D eigenvalue weighted by molar-refractivity contribution is 5.74. The lowest BCUT2D eigenvalue weighted by Gasteiger charge is -2.35. The van der Waals surface area contributed by atoms with Crippen molar-refractivity contribution in [2.45, 2.75) is 51.0 Å². The summed E-state index contributed by atoms with van der Waals surface area (Å²) in [6.07, 6.45) is 5.97. The van der Waals surface area contributed by atoms with Gasteiger partial charge in [0, 0.05) is 19.6 Å². The standard InChI is InChI=1S/C13H24N2O2/c1-11-4-6-13(17,7-5-11)10-14-12(16)15-8-2-3-9-15/h11,17H,2-10H2,1H3,(H,14,16). The average molecular weight is 240 g/mol. The molecule has 0 aromatic rings. The summed E-state index contributed by atoms with van der Waals surface area (Å²) in [7, 11) is 0. The van der Waals surface area contributed by atoms with Crippen LogP contribution in [-0.4, -0.2) is 41.3 Å². The first-order valence-corrected chi connectivity index (χ1v) is 6.84. The SMILES string of the molecule is CC1CCC(O)(CNC(=O)N2CCCC2)CC1. The first-order valence-electron chi connectivity index (χ1n) is 6.84. The first kappa shape index (κ1) is 12.7. The van der Waals surface area contributed by atoms with Crippen molar-refractivity contribution in [1.29, 1.82) is 0 Å². The number of hydrogen-bond donors (Lipinski definition) is 2. The molecule has 4 heteroatoms. The summed E-state index contributed by atoms with van der Waals surface area (Å²) < 4.78 is 0. The van der Waals surface area contributed by atoms with Crippen LogP contribution in [0.15, 0.2) is 0 Å². The zero-order valence-corrected chi connectivity index (χ0v) is 10.7. The zero-order chi connectivity index (χ0) is 12.3. The maximum Gasteiger partial charge on any atom is 0.317 e. The Balaban J connectivity index is 1.75. The van der Waals surface area contributed by atoms with Gasteiger partial charge in [0.2, 0.25) is 0 Å². The van der Waals surface area contributed by atoms with Crippen molar-refractivity contribution in [2.24, 2.45) is 5.92 Å². The highest BCUT2D eigenvalue weighted by Crippen LogP contribution is 2.31. The molecule has 0 aromatic heterocycles. The van der Waals surface area contributed by atoms with E-state index >= 15 is 0 Å². The van der Waals surface area contributed by atoms with Gasteiger partial charge in [-0.3, -0.25) is 0 Å². The second kappa shape index (κ2) is 5.25. The van der Waals surface area contributed by atoms with Crippen LogP contribution in [0.2, 0.25) is 0 Å². The summed E-state index contributed by atoms with van der Waals surface area (Å²) in [5.74, 6) is 0.713. The largest absolute Gasteiger partial charge is 0.388 e. The summed E-state index contributed by atoms with van der Waals surface area (Å²) in [5.41, 5.74) is -0.665. The second-order valence-corrected chi connectivity index (χ2v) is 5.76. The number of amides is 2. The van der Waals surface area contributed by atoms with E-state index in [0.29, 0.717) is 12.5 Å². The van der Waals surface area contributed by atoms with E-state index in [1.807, 2.05) is 4.90 Å². The van der Waals surface area contributed by atoms with Gasteiger partial charge in [-0.25, -0.2) is 4.79 Å². The van der Waals surface area contributed by atoms with Crippen molar-refractivity contribution in [1.82, 2.24) is 10.2 Å². The summed E-state index contributed by atoms with van der Waals surface area (Å²) in [6.45, 7) is 4.36. The smallest absolute Gasteiger partial charge is 0.317 e. The normalized spacial score (nSPS) is 33.8. The highest BCUT2D eigenvalue weighted by atomic mass is 16.3. The second-order valence-electron chi connectivity index (χ2n) is 5.76. The number of carbonyl (C=O) groups is 1. The van der Waals surface area contributed by atoms with Crippen LogP contribution in [0.25, 0.3) is 0 Å². The molecule has 0 radical (unpaired) electrons. The predicted molar refractivity (Wildman–Crippen MR) is 66.8 cm³/mol. The van der Waals surface area contributed by atoms with Gasteiger partial charge in [0.25, 0.3) is 0 Å². The number of carbonyl (C=O) groups excluding carboxylic acids is 1. The third-order valence-electron chi connectivity index (χ3n) is 4.17. The molecular weight excluding hydrogens is 216 g/mol. The molecule has 1 saturated carbocycles. The molecule has 1 aliphatic carbocycles. The van der Waals surface area contributed by atoms with E-state index in [2.05, 4.69) is 12.2 Å². The molecule has 98 valence electrons. The number of rotatable bonds is 2. The van der Waals surface area contributed by atoms with Crippen molar-refractivity contribution in [2.75, 3.05) is 19.6 Å². The molecule has 0 unspecified atom stereocenters. The first-order chi connectivity index (χ1) is 8.09. The molecule has 2 N–H and O–H groups in total. The lowest BCUT2D eigenvalue weighted by Crippen LogP contribution is -2.48. The number of aliphatic hydroxyl groups is 1. The van der Waals surface area contributed by atoms with Gasteiger partial charge < -0.3 is 15.3 Å². The average Bonchev–Trinajstić information content (AvgIpc) is 2.84. The van der Waals surface area contributed by atoms with Crippen molar-refractivity contribution in [3.05, 3.63) is 0 Å². The van der Waals surface area contributed by atoms with E-state index in [9.17, 15) is 9.90 Å². The third-order valence-corrected chi connectivity index (χ3v) is 4.17. The molecule has 1 saturated heterocycles. The van der Waals surface area contributed by atoms with Crippen molar-refractivity contribution < 1.29 is 9.90 Å². The quantitative estimate of drug-likeness (QED) is 0.772. The molecule has 2 rings (SSSR count). The Morgan fingerprint density at radius 1 is 1.35 bits per heavy atom. The van der Waals surface area contributed by atoms with Crippen LogP contribution < -0.4 is 5.32 Å². The van der Waals surface area contributed by atoms with Gasteiger partial charge in [0.15, 0.2) is 0 Å². The van der Waals surface area contributed by atoms with Gasteiger partial charge in [-0.1, -0.05) is 6.92 Å². The maximum absolute atomic E-state index is 11.8. The number of nitrogens with zero attached hydrogens (tertiary/aromatic N) is 1. The molecule has 2 amide bonds. The van der Waals surface area contributed by atoms with Crippen LogP contribution in [0.1, 0.15) is 45.4 Å². The molecule has 0 spiro atoms. The van der Waals surface area contributed by atoms with E-state index in [1.54, 1.807) is 0 Å². The van der Waals surface area contributed by atoms with Crippen LogP contribution in [0, 0.1) is 5.92 Å². The van der Waals surface area contributed by atoms with Crippen LogP contribution >= 0.6 is 0 Å². The highest BCUT2D eigenvalue weighted by Gasteiger charge is 2.32. The fourth-order valence-corrected chi connectivity index (χ4v) is 2.75. The number of urea groups is 1. The van der Waals surface area contributed by atoms with E-state index in [1.165, 1.54) is 0 Å². The topological polar surface area (TPSA) is 52.6 Å². The van der Waals surface area contributed by atoms with Gasteiger partial charge in [-0.2, -0.15) is 0 Å². The molecule has 0 atom stereocenters. The summed E-state index contributed by atoms with van der Waals surface area (Å²) >= 11 is 0. The molecule has 1 heterocycles. The monoisotopic (exact) mass is 240 g/mol. The molecule has 2 fully saturated rings. The Morgan fingerprint density at radius 2 is 1.94 bits per heavy atom. The molecule has 0 bridgehead atoms. The van der Waals surface area contributed by atoms with Crippen LogP contribution in [0.4, 0.5) is 4.79 Å². The summed E-state index contributed by atoms with van der Waals surface area (Å²) in [4.78, 5) is 13.6.